The van der Waals surface area contributed by atoms with Gasteiger partial charge in [0, 0.05) is 26.2 Å². The summed E-state index contributed by atoms with van der Waals surface area (Å²) >= 11 is 0. The third-order valence-corrected chi connectivity index (χ3v) is 4.69. The summed E-state index contributed by atoms with van der Waals surface area (Å²) < 4.78 is 7.22. The fourth-order valence-corrected chi connectivity index (χ4v) is 3.39. The Morgan fingerprint density at radius 3 is 2.91 bits per heavy atom. The second-order valence-electron chi connectivity index (χ2n) is 6.23. The van der Waals surface area contributed by atoms with Crippen LogP contribution in [-0.2, 0) is 16.1 Å². The van der Waals surface area contributed by atoms with Crippen LogP contribution in [0.2, 0.25) is 0 Å². The van der Waals surface area contributed by atoms with Crippen LogP contribution in [0, 0.1) is 5.92 Å². The Bertz CT molecular complexity index is 472. The van der Waals surface area contributed by atoms with Gasteiger partial charge in [0.2, 0.25) is 5.91 Å². The highest BCUT2D eigenvalue weighted by Crippen LogP contribution is 2.20. The van der Waals surface area contributed by atoms with Gasteiger partial charge in [0.05, 0.1) is 19.3 Å². The molecule has 0 aromatic carbocycles. The SMILES string of the molecule is C[C@@H](C(=O)N1CCOCC1)N1CCC[C@@H](Cn2cncn2)C1. The second kappa shape index (κ2) is 7.19. The molecular weight excluding hydrogens is 282 g/mol. The summed E-state index contributed by atoms with van der Waals surface area (Å²) in [5.41, 5.74) is 0. The van der Waals surface area contributed by atoms with E-state index in [1.807, 2.05) is 16.5 Å². The van der Waals surface area contributed by atoms with E-state index in [4.69, 9.17) is 4.74 Å². The Labute approximate surface area is 131 Å². The number of carbonyl (C=O) groups is 1. The number of hydrogen-bond acceptors (Lipinski definition) is 5. The van der Waals surface area contributed by atoms with Gasteiger partial charge in [-0.1, -0.05) is 0 Å². The molecule has 1 aromatic heterocycles. The van der Waals surface area contributed by atoms with E-state index in [1.54, 1.807) is 12.7 Å². The first-order chi connectivity index (χ1) is 10.7. The standard InChI is InChI=1S/C15H25N5O2/c1-13(15(21)18-5-7-22-8-6-18)19-4-2-3-14(9-19)10-20-12-16-11-17-20/h11-14H,2-10H2,1H3/t13-,14+/m0/s1. The van der Waals surface area contributed by atoms with E-state index in [0.29, 0.717) is 19.1 Å². The fraction of sp³-hybridized carbons (Fsp3) is 0.800. The molecule has 3 heterocycles. The van der Waals surface area contributed by atoms with E-state index in [9.17, 15) is 4.79 Å². The number of carbonyl (C=O) groups excluding carboxylic acids is 1. The highest BCUT2D eigenvalue weighted by molar-refractivity contribution is 5.81. The van der Waals surface area contributed by atoms with Gasteiger partial charge in [-0.25, -0.2) is 4.98 Å². The van der Waals surface area contributed by atoms with Crippen LogP contribution < -0.4 is 0 Å². The molecule has 122 valence electrons. The van der Waals surface area contributed by atoms with Gasteiger partial charge in [-0.05, 0) is 32.2 Å². The zero-order valence-electron chi connectivity index (χ0n) is 13.2. The molecule has 0 aliphatic carbocycles. The van der Waals surface area contributed by atoms with Crippen LogP contribution >= 0.6 is 0 Å². The normalized spacial score (nSPS) is 25.1. The molecule has 2 atom stereocenters. The van der Waals surface area contributed by atoms with E-state index < -0.39 is 0 Å². The van der Waals surface area contributed by atoms with Crippen molar-refractivity contribution < 1.29 is 9.53 Å². The Hall–Kier alpha value is -1.47. The van der Waals surface area contributed by atoms with Crippen LogP contribution in [-0.4, -0.2) is 75.9 Å². The summed E-state index contributed by atoms with van der Waals surface area (Å²) in [7, 11) is 0. The predicted molar refractivity (Wildman–Crippen MR) is 81.2 cm³/mol. The number of amides is 1. The fourth-order valence-electron chi connectivity index (χ4n) is 3.39. The first kappa shape index (κ1) is 15.4. The van der Waals surface area contributed by atoms with Gasteiger partial charge in [0.1, 0.15) is 12.7 Å². The van der Waals surface area contributed by atoms with Crippen LogP contribution in [0.5, 0.6) is 0 Å². The number of piperidine rings is 1. The Morgan fingerprint density at radius 1 is 1.36 bits per heavy atom. The Kier molecular flexibility index (Phi) is 5.04. The summed E-state index contributed by atoms with van der Waals surface area (Å²) in [6.07, 6.45) is 5.67. The van der Waals surface area contributed by atoms with Gasteiger partial charge in [-0.3, -0.25) is 14.4 Å². The van der Waals surface area contributed by atoms with Gasteiger partial charge < -0.3 is 9.64 Å². The molecule has 0 bridgehead atoms. The lowest BCUT2D eigenvalue weighted by molar-refractivity contribution is -0.141. The molecule has 2 aliphatic heterocycles. The third-order valence-electron chi connectivity index (χ3n) is 4.69. The van der Waals surface area contributed by atoms with Crippen molar-refractivity contribution in [2.75, 3.05) is 39.4 Å². The maximum Gasteiger partial charge on any atom is 0.239 e. The number of likely N-dealkylation sites (tertiary alicyclic amines) is 1. The van der Waals surface area contributed by atoms with Crippen molar-refractivity contribution in [3.05, 3.63) is 12.7 Å². The topological polar surface area (TPSA) is 63.5 Å². The van der Waals surface area contributed by atoms with E-state index >= 15 is 0 Å². The van der Waals surface area contributed by atoms with E-state index in [1.165, 1.54) is 6.42 Å². The van der Waals surface area contributed by atoms with Crippen molar-refractivity contribution in [2.45, 2.75) is 32.4 Å². The minimum atomic E-state index is -0.0448. The van der Waals surface area contributed by atoms with Crippen molar-refractivity contribution in [3.63, 3.8) is 0 Å². The summed E-state index contributed by atoms with van der Waals surface area (Å²) in [6, 6.07) is -0.0448. The molecule has 7 heteroatoms. The number of nitrogens with zero attached hydrogens (tertiary/aromatic N) is 5. The minimum Gasteiger partial charge on any atom is -0.378 e. The number of aromatic nitrogens is 3. The summed E-state index contributed by atoms with van der Waals surface area (Å²) in [4.78, 5) is 20.9. The number of morpholine rings is 1. The zero-order valence-corrected chi connectivity index (χ0v) is 13.2. The summed E-state index contributed by atoms with van der Waals surface area (Å²) in [6.45, 7) is 7.65. The highest BCUT2D eigenvalue weighted by Gasteiger charge is 2.30. The van der Waals surface area contributed by atoms with Crippen LogP contribution in [0.3, 0.4) is 0 Å². The lowest BCUT2D eigenvalue weighted by atomic mass is 9.96. The Morgan fingerprint density at radius 2 is 2.18 bits per heavy atom. The Balaban J connectivity index is 1.55. The maximum atomic E-state index is 12.6. The minimum absolute atomic E-state index is 0.0448. The van der Waals surface area contributed by atoms with Crippen molar-refractivity contribution >= 4 is 5.91 Å². The molecule has 0 radical (unpaired) electrons. The molecule has 0 unspecified atom stereocenters. The average molecular weight is 307 g/mol. The van der Waals surface area contributed by atoms with Crippen LogP contribution in [0.15, 0.2) is 12.7 Å². The second-order valence-corrected chi connectivity index (χ2v) is 6.23. The zero-order chi connectivity index (χ0) is 15.4. The maximum absolute atomic E-state index is 12.6. The monoisotopic (exact) mass is 307 g/mol. The predicted octanol–water partition coefficient (Wildman–Crippen LogP) is 0.237. The van der Waals surface area contributed by atoms with Gasteiger partial charge in [-0.15, -0.1) is 0 Å². The van der Waals surface area contributed by atoms with Gasteiger partial charge >= 0.3 is 0 Å². The van der Waals surface area contributed by atoms with Crippen molar-refractivity contribution in [2.24, 2.45) is 5.92 Å². The number of ether oxygens (including phenoxy) is 1. The molecular formula is C15H25N5O2. The molecule has 2 aliphatic rings. The smallest absolute Gasteiger partial charge is 0.239 e. The lowest BCUT2D eigenvalue weighted by Gasteiger charge is -2.38. The molecule has 22 heavy (non-hydrogen) atoms. The van der Waals surface area contributed by atoms with E-state index in [-0.39, 0.29) is 11.9 Å². The first-order valence-electron chi connectivity index (χ1n) is 8.17. The molecule has 7 nitrogen and oxygen atoms in total. The number of hydrogen-bond donors (Lipinski definition) is 0. The summed E-state index contributed by atoms with van der Waals surface area (Å²) in [5, 5.41) is 4.19. The largest absolute Gasteiger partial charge is 0.378 e. The quantitative estimate of drug-likeness (QED) is 0.797. The van der Waals surface area contributed by atoms with Gasteiger partial charge in [0.25, 0.3) is 0 Å². The van der Waals surface area contributed by atoms with Crippen LogP contribution in [0.1, 0.15) is 19.8 Å². The number of rotatable bonds is 4. The molecule has 1 amide bonds. The van der Waals surface area contributed by atoms with E-state index in [2.05, 4.69) is 15.0 Å². The van der Waals surface area contributed by atoms with Crippen molar-refractivity contribution in [1.29, 1.82) is 0 Å². The molecule has 1 aromatic rings. The first-order valence-corrected chi connectivity index (χ1v) is 8.17. The molecule has 0 saturated carbocycles. The lowest BCUT2D eigenvalue weighted by Crippen LogP contribution is -2.53. The van der Waals surface area contributed by atoms with Crippen molar-refractivity contribution in [1.82, 2.24) is 24.6 Å². The van der Waals surface area contributed by atoms with E-state index in [0.717, 1.165) is 39.1 Å². The molecule has 2 fully saturated rings. The van der Waals surface area contributed by atoms with Crippen LogP contribution in [0.25, 0.3) is 0 Å². The van der Waals surface area contributed by atoms with Gasteiger partial charge in [-0.2, -0.15) is 5.10 Å². The van der Waals surface area contributed by atoms with Gasteiger partial charge in [0.15, 0.2) is 0 Å². The highest BCUT2D eigenvalue weighted by atomic mass is 16.5. The molecule has 0 spiro atoms. The molecule has 0 N–H and O–H groups in total. The summed E-state index contributed by atoms with van der Waals surface area (Å²) in [5.74, 6) is 0.778. The third kappa shape index (κ3) is 3.64. The average Bonchev–Trinajstić information content (AvgIpc) is 3.07. The van der Waals surface area contributed by atoms with Crippen molar-refractivity contribution in [3.8, 4) is 0 Å². The molecule has 2 saturated heterocycles. The molecule has 3 rings (SSSR count). The van der Waals surface area contributed by atoms with Crippen LogP contribution in [0.4, 0.5) is 0 Å².